The van der Waals surface area contributed by atoms with E-state index in [-0.39, 0.29) is 22.7 Å². The smallest absolute Gasteiger partial charge is 0.354 e. The summed E-state index contributed by atoms with van der Waals surface area (Å²) in [5.74, 6) is -0.909. The van der Waals surface area contributed by atoms with Crippen molar-refractivity contribution >= 4 is 17.5 Å². The summed E-state index contributed by atoms with van der Waals surface area (Å²) in [6.07, 6.45) is -3.09. The second-order valence-electron chi connectivity index (χ2n) is 7.69. The number of benzene rings is 2. The zero-order chi connectivity index (χ0) is 23.6. The van der Waals surface area contributed by atoms with Crippen LogP contribution in [-0.2, 0) is 6.18 Å². The van der Waals surface area contributed by atoms with Crippen LogP contribution >= 0.6 is 0 Å². The zero-order valence-corrected chi connectivity index (χ0v) is 17.3. The molecule has 33 heavy (non-hydrogen) atoms. The molecule has 2 heterocycles. The minimum absolute atomic E-state index is 0.193. The van der Waals surface area contributed by atoms with Gasteiger partial charge in [0, 0.05) is 36.5 Å². The molecule has 170 valence electrons. The Labute approximate surface area is 187 Å². The molecule has 1 unspecified atom stereocenters. The molecule has 1 fully saturated rings. The third kappa shape index (κ3) is 5.02. The maximum atomic E-state index is 13.2. The highest BCUT2D eigenvalue weighted by Crippen LogP contribution is 2.30. The number of alkyl halides is 3. The topological polar surface area (TPSA) is 62.3 Å². The van der Waals surface area contributed by atoms with Crippen LogP contribution in [0.4, 0.5) is 23.4 Å². The van der Waals surface area contributed by atoms with Gasteiger partial charge in [-0.2, -0.15) is 13.2 Å². The Kier molecular flexibility index (Phi) is 6.13. The SMILES string of the molecule is O=C(NC1CCN(c2ccc(C(F)(F)F)cn2)C1)c1ccccc1C(=O)c1ccc(F)cc1. The lowest BCUT2D eigenvalue weighted by atomic mass is 9.97. The van der Waals surface area contributed by atoms with E-state index < -0.39 is 29.2 Å². The first kappa shape index (κ1) is 22.4. The minimum Gasteiger partial charge on any atom is -0.354 e. The number of ketones is 1. The fourth-order valence-corrected chi connectivity index (χ4v) is 3.73. The van der Waals surface area contributed by atoms with Crippen molar-refractivity contribution in [2.75, 3.05) is 18.0 Å². The molecule has 1 aliphatic heterocycles. The number of carbonyl (C=O) groups is 2. The first-order chi connectivity index (χ1) is 15.7. The second kappa shape index (κ2) is 9.01. The Balaban J connectivity index is 1.44. The summed E-state index contributed by atoms with van der Waals surface area (Å²) in [5, 5.41) is 2.89. The van der Waals surface area contributed by atoms with Crippen LogP contribution in [0.3, 0.4) is 0 Å². The van der Waals surface area contributed by atoms with E-state index in [1.165, 1.54) is 42.5 Å². The van der Waals surface area contributed by atoms with Gasteiger partial charge in [0.25, 0.3) is 5.91 Å². The molecule has 0 bridgehead atoms. The summed E-state index contributed by atoms with van der Waals surface area (Å²) in [6.45, 7) is 0.887. The van der Waals surface area contributed by atoms with Gasteiger partial charge in [-0.3, -0.25) is 9.59 Å². The molecule has 0 spiro atoms. The van der Waals surface area contributed by atoms with Gasteiger partial charge in [-0.05, 0) is 48.9 Å². The molecule has 1 aromatic heterocycles. The average molecular weight is 457 g/mol. The van der Waals surface area contributed by atoms with Gasteiger partial charge in [0.1, 0.15) is 11.6 Å². The maximum Gasteiger partial charge on any atom is 0.417 e. The Morgan fingerprint density at radius 3 is 2.30 bits per heavy atom. The standard InChI is InChI=1S/C24H19F4N3O2/c25-17-8-5-15(6-9-17)22(32)19-3-1-2-4-20(19)23(33)30-18-11-12-31(14-18)21-10-7-16(13-29-21)24(26,27)28/h1-10,13,18H,11-12,14H2,(H,30,33). The summed E-state index contributed by atoms with van der Waals surface area (Å²) in [6, 6.07) is 13.5. The molecule has 0 radical (unpaired) electrons. The summed E-state index contributed by atoms with van der Waals surface area (Å²) in [4.78, 5) is 31.5. The largest absolute Gasteiger partial charge is 0.417 e. The molecule has 4 rings (SSSR count). The van der Waals surface area contributed by atoms with Crippen LogP contribution in [0.1, 0.15) is 38.3 Å². The average Bonchev–Trinajstić information content (AvgIpc) is 3.27. The molecule has 1 aliphatic rings. The number of amides is 1. The highest BCUT2D eigenvalue weighted by molar-refractivity contribution is 6.15. The third-order valence-electron chi connectivity index (χ3n) is 5.45. The lowest BCUT2D eigenvalue weighted by Gasteiger charge is -2.19. The van der Waals surface area contributed by atoms with Gasteiger partial charge in [-0.15, -0.1) is 0 Å². The van der Waals surface area contributed by atoms with Crippen LogP contribution in [0.2, 0.25) is 0 Å². The van der Waals surface area contributed by atoms with Gasteiger partial charge in [-0.1, -0.05) is 18.2 Å². The zero-order valence-electron chi connectivity index (χ0n) is 17.3. The lowest BCUT2D eigenvalue weighted by Crippen LogP contribution is -2.37. The predicted molar refractivity (Wildman–Crippen MR) is 114 cm³/mol. The van der Waals surface area contributed by atoms with Gasteiger partial charge in [-0.25, -0.2) is 9.37 Å². The number of rotatable bonds is 5. The van der Waals surface area contributed by atoms with Crippen LogP contribution in [0.25, 0.3) is 0 Å². The minimum atomic E-state index is -4.45. The molecule has 0 saturated carbocycles. The summed E-state index contributed by atoms with van der Waals surface area (Å²) in [5.41, 5.74) is -0.173. The molecule has 1 amide bonds. The number of hydrogen-bond donors (Lipinski definition) is 1. The molecule has 1 N–H and O–H groups in total. The Morgan fingerprint density at radius 2 is 1.67 bits per heavy atom. The number of carbonyl (C=O) groups excluding carboxylic acids is 2. The van der Waals surface area contributed by atoms with E-state index in [0.717, 1.165) is 12.3 Å². The maximum absolute atomic E-state index is 13.2. The highest BCUT2D eigenvalue weighted by atomic mass is 19.4. The summed E-state index contributed by atoms with van der Waals surface area (Å²) >= 11 is 0. The molecule has 9 heteroatoms. The Hall–Kier alpha value is -3.75. The number of aromatic nitrogens is 1. The summed E-state index contributed by atoms with van der Waals surface area (Å²) in [7, 11) is 0. The number of anilines is 1. The van der Waals surface area contributed by atoms with Crippen LogP contribution in [-0.4, -0.2) is 35.8 Å². The van der Waals surface area contributed by atoms with E-state index in [9.17, 15) is 27.2 Å². The number of hydrogen-bond acceptors (Lipinski definition) is 4. The molecule has 1 saturated heterocycles. The number of nitrogens with zero attached hydrogens (tertiary/aromatic N) is 2. The molecular formula is C24H19F4N3O2. The van der Waals surface area contributed by atoms with E-state index in [2.05, 4.69) is 10.3 Å². The lowest BCUT2D eigenvalue weighted by molar-refractivity contribution is -0.137. The molecule has 0 aliphatic carbocycles. The fourth-order valence-electron chi connectivity index (χ4n) is 3.73. The van der Waals surface area contributed by atoms with Gasteiger partial charge >= 0.3 is 6.18 Å². The van der Waals surface area contributed by atoms with E-state index in [1.807, 2.05) is 0 Å². The van der Waals surface area contributed by atoms with Gasteiger partial charge in [0.2, 0.25) is 0 Å². The van der Waals surface area contributed by atoms with Crippen LogP contribution < -0.4 is 10.2 Å². The molecule has 3 aromatic rings. The van der Waals surface area contributed by atoms with Gasteiger partial charge in [0.15, 0.2) is 5.78 Å². The predicted octanol–water partition coefficient (Wildman–Crippen LogP) is 4.48. The summed E-state index contributed by atoms with van der Waals surface area (Å²) < 4.78 is 51.4. The van der Waals surface area contributed by atoms with E-state index in [1.54, 1.807) is 17.0 Å². The molecule has 1 atom stereocenters. The quantitative estimate of drug-likeness (QED) is 0.454. The first-order valence-electron chi connectivity index (χ1n) is 10.2. The van der Waals surface area contributed by atoms with Crippen LogP contribution in [0.5, 0.6) is 0 Å². The van der Waals surface area contributed by atoms with Crippen molar-refractivity contribution in [1.82, 2.24) is 10.3 Å². The van der Waals surface area contributed by atoms with E-state index in [4.69, 9.17) is 0 Å². The molecule has 2 aromatic carbocycles. The Bertz CT molecular complexity index is 1160. The van der Waals surface area contributed by atoms with E-state index in [0.29, 0.717) is 25.3 Å². The number of nitrogens with one attached hydrogen (secondary N) is 1. The van der Waals surface area contributed by atoms with Crippen molar-refractivity contribution in [3.8, 4) is 0 Å². The third-order valence-corrected chi connectivity index (χ3v) is 5.45. The normalized spacial score (nSPS) is 16.0. The van der Waals surface area contributed by atoms with Crippen molar-refractivity contribution < 1.29 is 27.2 Å². The van der Waals surface area contributed by atoms with Crippen molar-refractivity contribution in [3.05, 3.63) is 94.9 Å². The Morgan fingerprint density at radius 1 is 0.970 bits per heavy atom. The molecule has 5 nitrogen and oxygen atoms in total. The van der Waals surface area contributed by atoms with E-state index >= 15 is 0 Å². The number of halogens is 4. The van der Waals surface area contributed by atoms with Gasteiger partial charge < -0.3 is 10.2 Å². The van der Waals surface area contributed by atoms with Crippen molar-refractivity contribution in [1.29, 1.82) is 0 Å². The monoisotopic (exact) mass is 457 g/mol. The van der Waals surface area contributed by atoms with Crippen LogP contribution in [0.15, 0.2) is 66.9 Å². The van der Waals surface area contributed by atoms with Crippen molar-refractivity contribution in [2.45, 2.75) is 18.6 Å². The first-order valence-corrected chi connectivity index (χ1v) is 10.2. The fraction of sp³-hybridized carbons (Fsp3) is 0.208. The highest BCUT2D eigenvalue weighted by Gasteiger charge is 2.32. The number of pyridine rings is 1. The second-order valence-corrected chi connectivity index (χ2v) is 7.69. The van der Waals surface area contributed by atoms with Gasteiger partial charge in [0.05, 0.1) is 11.1 Å². The molecular weight excluding hydrogens is 438 g/mol. The van der Waals surface area contributed by atoms with Crippen molar-refractivity contribution in [3.63, 3.8) is 0 Å². The van der Waals surface area contributed by atoms with Crippen LogP contribution in [0, 0.1) is 5.82 Å². The van der Waals surface area contributed by atoms with Crippen molar-refractivity contribution in [2.24, 2.45) is 0 Å².